The molecule has 0 spiro atoms. The Kier molecular flexibility index (Phi) is 4.50. The van der Waals surface area contributed by atoms with Crippen LogP contribution >= 0.6 is 0 Å². The number of aromatic nitrogens is 3. The van der Waals surface area contributed by atoms with Gasteiger partial charge in [0.2, 0.25) is 0 Å². The second kappa shape index (κ2) is 7.53. The first-order valence-corrected chi connectivity index (χ1v) is 10.8. The number of hydrogen-bond donors (Lipinski definition) is 1. The summed E-state index contributed by atoms with van der Waals surface area (Å²) in [6.45, 7) is 1.91. The Morgan fingerprint density at radius 2 is 2.09 bits per heavy atom. The van der Waals surface area contributed by atoms with Crippen LogP contribution in [0.25, 0.3) is 10.9 Å². The number of ether oxygens (including phenoxy) is 1. The Hall–Kier alpha value is -3.58. The van der Waals surface area contributed by atoms with Crippen molar-refractivity contribution in [1.29, 1.82) is 0 Å². The summed E-state index contributed by atoms with van der Waals surface area (Å²) in [5.41, 5.74) is 4.28. The molecule has 0 amide bonds. The van der Waals surface area contributed by atoms with Gasteiger partial charge in [-0.25, -0.2) is 14.4 Å². The lowest BCUT2D eigenvalue weighted by molar-refractivity contribution is 0.222. The second-order valence-electron chi connectivity index (χ2n) is 8.39. The number of hydrogen-bond acceptors (Lipinski definition) is 5. The highest BCUT2D eigenvalue weighted by Gasteiger charge is 2.27. The fourth-order valence-corrected chi connectivity index (χ4v) is 4.65. The predicted octanol–water partition coefficient (Wildman–Crippen LogP) is 3.69. The molecule has 6 nitrogen and oxygen atoms in total. The molecule has 1 unspecified atom stereocenters. The van der Waals surface area contributed by atoms with Crippen LogP contribution in [0.2, 0.25) is 0 Å². The van der Waals surface area contributed by atoms with Crippen molar-refractivity contribution in [2.75, 3.05) is 6.54 Å². The highest BCUT2D eigenvalue weighted by atomic mass is 19.1. The van der Waals surface area contributed by atoms with Crippen LogP contribution in [0.4, 0.5) is 4.39 Å². The van der Waals surface area contributed by atoms with Crippen molar-refractivity contribution in [3.8, 4) is 5.75 Å². The van der Waals surface area contributed by atoms with E-state index in [0.29, 0.717) is 35.4 Å². The van der Waals surface area contributed by atoms with Gasteiger partial charge in [-0.05, 0) is 35.9 Å². The van der Waals surface area contributed by atoms with E-state index in [9.17, 15) is 9.18 Å². The van der Waals surface area contributed by atoms with Crippen molar-refractivity contribution in [1.82, 2.24) is 19.9 Å². The molecular formula is C25H21FN4O2. The Morgan fingerprint density at radius 1 is 1.19 bits per heavy atom. The van der Waals surface area contributed by atoms with Gasteiger partial charge in [0, 0.05) is 60.8 Å². The Bertz CT molecular complexity index is 1380. The van der Waals surface area contributed by atoms with Crippen LogP contribution in [-0.2, 0) is 25.9 Å². The molecule has 1 atom stereocenters. The number of benzene rings is 2. The van der Waals surface area contributed by atoms with Gasteiger partial charge in [-0.1, -0.05) is 18.2 Å². The summed E-state index contributed by atoms with van der Waals surface area (Å²) in [5, 5.41) is 0.396. The van der Waals surface area contributed by atoms with Gasteiger partial charge < -0.3 is 9.72 Å². The largest absolute Gasteiger partial charge is 0.482 e. The van der Waals surface area contributed by atoms with E-state index in [2.05, 4.69) is 20.9 Å². The molecule has 2 aliphatic rings. The van der Waals surface area contributed by atoms with Crippen molar-refractivity contribution in [2.24, 2.45) is 0 Å². The SMILES string of the molecule is O=c1c2c([nH]c3ccc(F)cc13)CCN(Cc1ccnc(C3Cc4ccccc4O3)n1)C2. The van der Waals surface area contributed by atoms with E-state index in [1.165, 1.54) is 17.7 Å². The standard InChI is InChI=1S/C25H21FN4O2/c26-16-5-6-20-18(12-16)24(31)19-14-30(10-8-21(19)29-20)13-17-7-9-27-25(28-17)23-11-15-3-1-2-4-22(15)32-23/h1-7,9,12,23H,8,10-11,13-14H2,(H,29,31). The number of H-pyrrole nitrogens is 1. The number of nitrogens with zero attached hydrogens (tertiary/aromatic N) is 3. The molecule has 2 aromatic carbocycles. The number of para-hydroxylation sites is 1. The maximum absolute atomic E-state index is 13.7. The van der Waals surface area contributed by atoms with E-state index < -0.39 is 5.82 Å². The molecule has 32 heavy (non-hydrogen) atoms. The molecule has 0 saturated carbocycles. The van der Waals surface area contributed by atoms with Crippen LogP contribution in [-0.4, -0.2) is 26.4 Å². The second-order valence-corrected chi connectivity index (χ2v) is 8.39. The molecule has 0 radical (unpaired) electrons. The summed E-state index contributed by atoms with van der Waals surface area (Å²) in [4.78, 5) is 27.7. The lowest BCUT2D eigenvalue weighted by Gasteiger charge is -2.28. The van der Waals surface area contributed by atoms with Crippen molar-refractivity contribution in [2.45, 2.75) is 32.0 Å². The average molecular weight is 428 g/mol. The van der Waals surface area contributed by atoms with Gasteiger partial charge >= 0.3 is 0 Å². The molecule has 4 heterocycles. The lowest BCUT2D eigenvalue weighted by atomic mass is 10.0. The zero-order valence-electron chi connectivity index (χ0n) is 17.3. The van der Waals surface area contributed by atoms with Gasteiger partial charge in [0.15, 0.2) is 17.4 Å². The van der Waals surface area contributed by atoms with Crippen LogP contribution in [0.5, 0.6) is 5.75 Å². The van der Waals surface area contributed by atoms with Gasteiger partial charge in [-0.3, -0.25) is 9.69 Å². The Labute approximate surface area is 183 Å². The summed E-state index contributed by atoms with van der Waals surface area (Å²) in [6.07, 6.45) is 3.08. The maximum atomic E-state index is 13.7. The first-order chi connectivity index (χ1) is 15.6. The van der Waals surface area contributed by atoms with E-state index in [4.69, 9.17) is 9.72 Å². The third kappa shape index (κ3) is 3.35. The van der Waals surface area contributed by atoms with Crippen LogP contribution in [0.3, 0.4) is 0 Å². The third-order valence-electron chi connectivity index (χ3n) is 6.26. The van der Waals surface area contributed by atoms with E-state index >= 15 is 0 Å². The van der Waals surface area contributed by atoms with Crippen molar-refractivity contribution in [3.63, 3.8) is 0 Å². The van der Waals surface area contributed by atoms with Crippen LogP contribution in [0.1, 0.15) is 34.4 Å². The minimum Gasteiger partial charge on any atom is -0.482 e. The van der Waals surface area contributed by atoms with E-state index in [-0.39, 0.29) is 11.5 Å². The first-order valence-electron chi connectivity index (χ1n) is 10.8. The van der Waals surface area contributed by atoms with E-state index in [0.717, 1.165) is 36.5 Å². The fraction of sp³-hybridized carbons (Fsp3) is 0.240. The van der Waals surface area contributed by atoms with Gasteiger partial charge in [-0.15, -0.1) is 0 Å². The number of pyridine rings is 1. The minimum atomic E-state index is -0.402. The Balaban J connectivity index is 1.23. The molecule has 0 bridgehead atoms. The summed E-state index contributed by atoms with van der Waals surface area (Å²) >= 11 is 0. The summed E-state index contributed by atoms with van der Waals surface area (Å²) in [6, 6.07) is 14.2. The molecule has 7 heteroatoms. The van der Waals surface area contributed by atoms with Crippen molar-refractivity contribution >= 4 is 10.9 Å². The van der Waals surface area contributed by atoms with E-state index in [1.807, 2.05) is 24.3 Å². The monoisotopic (exact) mass is 428 g/mol. The van der Waals surface area contributed by atoms with Crippen molar-refractivity contribution in [3.05, 3.63) is 99.1 Å². The Morgan fingerprint density at radius 3 is 3.00 bits per heavy atom. The zero-order valence-corrected chi connectivity index (χ0v) is 17.3. The van der Waals surface area contributed by atoms with E-state index in [1.54, 1.807) is 12.3 Å². The number of halogens is 1. The van der Waals surface area contributed by atoms with Crippen LogP contribution in [0, 0.1) is 5.82 Å². The van der Waals surface area contributed by atoms with Crippen molar-refractivity contribution < 1.29 is 9.13 Å². The van der Waals surface area contributed by atoms with Crippen LogP contribution in [0.15, 0.2) is 59.5 Å². The number of rotatable bonds is 3. The molecule has 2 aromatic heterocycles. The predicted molar refractivity (Wildman–Crippen MR) is 118 cm³/mol. The van der Waals surface area contributed by atoms with Gasteiger partial charge in [0.1, 0.15) is 11.6 Å². The average Bonchev–Trinajstić information content (AvgIpc) is 3.25. The first kappa shape index (κ1) is 19.1. The van der Waals surface area contributed by atoms with Gasteiger partial charge in [-0.2, -0.15) is 0 Å². The quantitative estimate of drug-likeness (QED) is 0.539. The number of nitrogens with one attached hydrogen (secondary N) is 1. The molecule has 0 saturated heterocycles. The molecule has 2 aliphatic heterocycles. The number of aromatic amines is 1. The van der Waals surface area contributed by atoms with Gasteiger partial charge in [0.05, 0.1) is 5.69 Å². The molecule has 160 valence electrons. The lowest BCUT2D eigenvalue weighted by Crippen LogP contribution is -2.34. The normalized spacial score (nSPS) is 17.7. The molecule has 0 fully saturated rings. The smallest absolute Gasteiger partial charge is 0.194 e. The molecular weight excluding hydrogens is 407 g/mol. The minimum absolute atomic E-state index is 0.0987. The third-order valence-corrected chi connectivity index (χ3v) is 6.26. The zero-order chi connectivity index (χ0) is 21.7. The summed E-state index contributed by atoms with van der Waals surface area (Å²) < 4.78 is 19.7. The maximum Gasteiger partial charge on any atom is 0.194 e. The molecule has 1 N–H and O–H groups in total. The topological polar surface area (TPSA) is 71.1 Å². The molecule has 0 aliphatic carbocycles. The molecule has 6 rings (SSSR count). The molecule has 4 aromatic rings. The summed E-state index contributed by atoms with van der Waals surface area (Å²) in [7, 11) is 0. The summed E-state index contributed by atoms with van der Waals surface area (Å²) in [5.74, 6) is 1.16. The highest BCUT2D eigenvalue weighted by molar-refractivity contribution is 5.79. The highest BCUT2D eigenvalue weighted by Crippen LogP contribution is 2.35. The van der Waals surface area contributed by atoms with Crippen LogP contribution < -0.4 is 10.2 Å². The number of fused-ring (bicyclic) bond motifs is 3. The fourth-order valence-electron chi connectivity index (χ4n) is 4.65. The van der Waals surface area contributed by atoms with Gasteiger partial charge in [0.25, 0.3) is 0 Å².